The van der Waals surface area contributed by atoms with E-state index in [0.717, 1.165) is 44.8 Å². The Morgan fingerprint density at radius 2 is 1.62 bits per heavy atom. The van der Waals surface area contributed by atoms with Crippen LogP contribution in [0.4, 0.5) is 0 Å². The number of ether oxygens (including phenoxy) is 4. The van der Waals surface area contributed by atoms with Gasteiger partial charge in [-0.15, -0.1) is 0 Å². The molecule has 0 saturated heterocycles. The van der Waals surface area contributed by atoms with Crippen LogP contribution in [0.25, 0.3) is 0 Å². The Balaban J connectivity index is 2.03. The van der Waals surface area contributed by atoms with Crippen LogP contribution >= 0.6 is 0 Å². The molecule has 8 heteroatoms. The lowest BCUT2D eigenvalue weighted by atomic mass is 9.43. The van der Waals surface area contributed by atoms with E-state index in [9.17, 15) is 5.11 Å². The first-order chi connectivity index (χ1) is 19.2. The molecule has 0 radical (unpaired) electrons. The van der Waals surface area contributed by atoms with Crippen LogP contribution in [0.15, 0.2) is 11.6 Å². The molecule has 3 aliphatic carbocycles. The predicted molar refractivity (Wildman–Crippen MR) is 178 cm³/mol. The molecule has 3 rings (SSSR count). The Labute approximate surface area is 260 Å². The third-order valence-corrected chi connectivity index (χ3v) is 18.1. The van der Waals surface area contributed by atoms with Crippen molar-refractivity contribution in [2.75, 3.05) is 33.9 Å². The van der Waals surface area contributed by atoms with Crippen molar-refractivity contribution in [3.05, 3.63) is 11.6 Å². The molecule has 6 nitrogen and oxygen atoms in total. The number of hydrogen-bond donors (Lipinski definition) is 1. The number of fused-ring (bicyclic) bond motifs is 3. The highest BCUT2D eigenvalue weighted by atomic mass is 28.4. The van der Waals surface area contributed by atoms with Gasteiger partial charge in [0.1, 0.15) is 13.6 Å². The number of aliphatic hydroxyl groups excluding tert-OH is 1. The molecular weight excluding hydrogens is 561 g/mol. The summed E-state index contributed by atoms with van der Waals surface area (Å²) in [5, 5.41) is 12.3. The summed E-state index contributed by atoms with van der Waals surface area (Å²) < 4.78 is 31.1. The molecule has 0 heterocycles. The summed E-state index contributed by atoms with van der Waals surface area (Å²) in [6.07, 6.45) is 6.68. The van der Waals surface area contributed by atoms with Gasteiger partial charge in [0.05, 0.1) is 12.2 Å². The zero-order chi connectivity index (χ0) is 31.8. The molecule has 0 aliphatic heterocycles. The normalized spacial score (nSPS) is 35.1. The quantitative estimate of drug-likeness (QED) is 0.0907. The molecule has 0 aromatic rings. The lowest BCUT2D eigenvalue weighted by Gasteiger charge is -2.65. The first-order valence-corrected chi connectivity index (χ1v) is 23.2. The molecule has 0 bridgehead atoms. The fourth-order valence-electron chi connectivity index (χ4n) is 8.21. The molecule has 2 fully saturated rings. The SMILES string of the molecule is COCOCCC[C@@]12C=C(C)C(C)(C)[C@@H]1C[C@@H](O)[C@@]1(C)[C@@H](OCOCC[Si](C)(C)C)CC[C@H](O[Si](C)(C)C(C)(C)C)[C@H]21. The highest BCUT2D eigenvalue weighted by molar-refractivity contribution is 6.76. The van der Waals surface area contributed by atoms with Gasteiger partial charge in [0, 0.05) is 45.8 Å². The van der Waals surface area contributed by atoms with Crippen molar-refractivity contribution in [3.63, 3.8) is 0 Å². The number of allylic oxidation sites excluding steroid dienone is 2. The van der Waals surface area contributed by atoms with Crippen LogP contribution in [-0.4, -0.2) is 73.7 Å². The smallest absolute Gasteiger partial charge is 0.192 e. The molecule has 42 heavy (non-hydrogen) atoms. The van der Waals surface area contributed by atoms with Gasteiger partial charge in [-0.1, -0.05) is 72.8 Å². The van der Waals surface area contributed by atoms with E-state index >= 15 is 0 Å². The Hall–Kier alpha value is -0.0662. The maximum Gasteiger partial charge on any atom is 0.192 e. The number of methoxy groups -OCH3 is 1. The highest BCUT2D eigenvalue weighted by Crippen LogP contribution is 2.70. The Kier molecular flexibility index (Phi) is 11.6. The van der Waals surface area contributed by atoms with Crippen molar-refractivity contribution in [2.45, 2.75) is 143 Å². The lowest BCUT2D eigenvalue weighted by molar-refractivity contribution is -0.255. The first kappa shape index (κ1) is 36.4. The van der Waals surface area contributed by atoms with Crippen LogP contribution in [0, 0.1) is 28.1 Å². The first-order valence-electron chi connectivity index (χ1n) is 16.6. The van der Waals surface area contributed by atoms with E-state index in [1.54, 1.807) is 7.11 Å². The Morgan fingerprint density at radius 3 is 2.21 bits per heavy atom. The minimum Gasteiger partial charge on any atom is -0.414 e. The van der Waals surface area contributed by atoms with Crippen LogP contribution in [0.3, 0.4) is 0 Å². The van der Waals surface area contributed by atoms with E-state index in [2.05, 4.69) is 87.3 Å². The van der Waals surface area contributed by atoms with Gasteiger partial charge in [-0.2, -0.15) is 0 Å². The van der Waals surface area contributed by atoms with Crippen molar-refractivity contribution in [2.24, 2.45) is 28.1 Å². The van der Waals surface area contributed by atoms with Gasteiger partial charge in [0.15, 0.2) is 8.32 Å². The second-order valence-electron chi connectivity index (χ2n) is 17.2. The summed E-state index contributed by atoms with van der Waals surface area (Å²) >= 11 is 0. The Bertz CT molecular complexity index is 922. The van der Waals surface area contributed by atoms with Crippen molar-refractivity contribution >= 4 is 16.4 Å². The summed E-state index contributed by atoms with van der Waals surface area (Å²) in [5.41, 5.74) is 0.885. The van der Waals surface area contributed by atoms with Gasteiger partial charge >= 0.3 is 0 Å². The fourth-order valence-corrected chi connectivity index (χ4v) is 10.3. The third kappa shape index (κ3) is 7.32. The molecular formula is C34H66O6Si2. The molecule has 246 valence electrons. The van der Waals surface area contributed by atoms with E-state index in [-0.39, 0.29) is 34.0 Å². The van der Waals surface area contributed by atoms with Crippen LogP contribution in [0.2, 0.25) is 43.8 Å². The maximum atomic E-state index is 12.2. The monoisotopic (exact) mass is 626 g/mol. The van der Waals surface area contributed by atoms with Crippen molar-refractivity contribution < 1.29 is 28.5 Å². The summed E-state index contributed by atoms with van der Waals surface area (Å²) in [4.78, 5) is 0. The summed E-state index contributed by atoms with van der Waals surface area (Å²) in [7, 11) is -1.58. The van der Waals surface area contributed by atoms with E-state index in [4.69, 9.17) is 23.4 Å². The molecule has 2 saturated carbocycles. The van der Waals surface area contributed by atoms with E-state index in [1.807, 2.05) is 0 Å². The van der Waals surface area contributed by atoms with Gasteiger partial charge in [0.2, 0.25) is 0 Å². The molecule has 3 aliphatic rings. The molecule has 7 atom stereocenters. The lowest BCUT2D eigenvalue weighted by Crippen LogP contribution is -2.68. The molecule has 0 spiro atoms. The van der Waals surface area contributed by atoms with Crippen LogP contribution in [-0.2, 0) is 23.4 Å². The molecule has 0 aromatic carbocycles. The van der Waals surface area contributed by atoms with E-state index in [0.29, 0.717) is 26.1 Å². The van der Waals surface area contributed by atoms with Crippen LogP contribution < -0.4 is 0 Å². The van der Waals surface area contributed by atoms with E-state index < -0.39 is 27.9 Å². The van der Waals surface area contributed by atoms with Gasteiger partial charge in [-0.05, 0) is 80.0 Å². The van der Waals surface area contributed by atoms with Crippen molar-refractivity contribution in [3.8, 4) is 0 Å². The summed E-state index contributed by atoms with van der Waals surface area (Å²) in [6.45, 7) is 30.3. The van der Waals surface area contributed by atoms with Gasteiger partial charge in [-0.3, -0.25) is 0 Å². The van der Waals surface area contributed by atoms with Gasteiger partial charge in [0.25, 0.3) is 0 Å². The zero-order valence-corrected chi connectivity index (χ0v) is 31.5. The average molecular weight is 627 g/mol. The summed E-state index contributed by atoms with van der Waals surface area (Å²) in [5.74, 6) is 0.463. The fraction of sp³-hybridized carbons (Fsp3) is 0.941. The molecule has 0 aromatic heterocycles. The number of hydrogen-bond acceptors (Lipinski definition) is 6. The van der Waals surface area contributed by atoms with Gasteiger partial charge < -0.3 is 28.5 Å². The van der Waals surface area contributed by atoms with Crippen LogP contribution in [0.1, 0.15) is 80.6 Å². The maximum absolute atomic E-state index is 12.2. The summed E-state index contributed by atoms with van der Waals surface area (Å²) in [6, 6.07) is 1.13. The standard InChI is InChI=1S/C34H66O6Si2/c1-25-22-34(17-14-18-37-23-36-8)27(32(25,5)6)21-28(35)33(7)29(39-24-38-19-20-41(9,10)11)16-15-26(30(33)34)40-42(12,13)31(2,3)4/h22,26-30,35H,14-21,23-24H2,1-13H3/t26-,27-,28+,29-,30-,33-,34+/m0/s1. The second-order valence-corrected chi connectivity index (χ2v) is 27.6. The highest BCUT2D eigenvalue weighted by Gasteiger charge is 2.69. The molecule has 0 amide bonds. The third-order valence-electron chi connectivity index (χ3n) is 11.9. The number of aliphatic hydroxyl groups is 1. The van der Waals surface area contributed by atoms with E-state index in [1.165, 1.54) is 5.57 Å². The zero-order valence-electron chi connectivity index (χ0n) is 29.5. The largest absolute Gasteiger partial charge is 0.414 e. The van der Waals surface area contributed by atoms with Gasteiger partial charge in [-0.25, -0.2) is 0 Å². The topological polar surface area (TPSA) is 66.4 Å². The average Bonchev–Trinajstić information content (AvgIpc) is 3.03. The molecule has 1 N–H and O–H groups in total. The van der Waals surface area contributed by atoms with Crippen molar-refractivity contribution in [1.82, 2.24) is 0 Å². The minimum absolute atomic E-state index is 0.00494. The van der Waals surface area contributed by atoms with Crippen LogP contribution in [0.5, 0.6) is 0 Å². The van der Waals surface area contributed by atoms with Crippen molar-refractivity contribution in [1.29, 1.82) is 0 Å². The second kappa shape index (κ2) is 13.3. The Morgan fingerprint density at radius 1 is 0.976 bits per heavy atom. The molecule has 0 unspecified atom stereocenters. The predicted octanol–water partition coefficient (Wildman–Crippen LogP) is 8.24. The minimum atomic E-state index is -2.08. The number of rotatable bonds is 14.